The minimum absolute atomic E-state index is 0.207. The Kier molecular flexibility index (Phi) is 6.55. The lowest BCUT2D eigenvalue weighted by Gasteiger charge is -2.24. The van der Waals surface area contributed by atoms with Gasteiger partial charge in [0, 0.05) is 6.54 Å². The fourth-order valence-electron chi connectivity index (χ4n) is 3.35. The first-order chi connectivity index (χ1) is 13.6. The Morgan fingerprint density at radius 3 is 2.50 bits per heavy atom. The number of likely N-dealkylation sites (tertiary alicyclic amines) is 1. The molecule has 146 valence electrons. The first-order valence-electron chi connectivity index (χ1n) is 9.40. The molecule has 2 N–H and O–H groups in total. The molecular weight excluding hydrogens is 356 g/mol. The third kappa shape index (κ3) is 4.84. The fourth-order valence-corrected chi connectivity index (χ4v) is 3.35. The highest BCUT2D eigenvalue weighted by Crippen LogP contribution is 2.17. The number of amides is 1. The van der Waals surface area contributed by atoms with Crippen LogP contribution in [0.1, 0.15) is 34.3 Å². The van der Waals surface area contributed by atoms with E-state index in [-0.39, 0.29) is 18.6 Å². The molecule has 0 radical (unpaired) electrons. The number of hydrogen-bond donors (Lipinski definition) is 1. The molecule has 6 nitrogen and oxygen atoms in total. The highest BCUT2D eigenvalue weighted by atomic mass is 16.5. The topological polar surface area (TPSA) is 89.7 Å². The Hall–Kier alpha value is -2.99. The summed E-state index contributed by atoms with van der Waals surface area (Å²) >= 11 is 0. The number of carbonyl (C=O) groups excluding carboxylic acids is 3. The summed E-state index contributed by atoms with van der Waals surface area (Å²) in [6.45, 7) is 0.788. The second kappa shape index (κ2) is 9.28. The lowest BCUT2D eigenvalue weighted by atomic mass is 10.0. The fraction of sp³-hybridized carbons (Fsp3) is 0.318. The molecule has 3 rings (SSSR count). The van der Waals surface area contributed by atoms with Crippen LogP contribution in [0.2, 0.25) is 0 Å². The molecule has 0 spiro atoms. The predicted molar refractivity (Wildman–Crippen MR) is 104 cm³/mol. The summed E-state index contributed by atoms with van der Waals surface area (Å²) < 4.78 is 5.31. The normalized spacial score (nSPS) is 17.2. The Balaban J connectivity index is 1.54. The van der Waals surface area contributed by atoms with Crippen molar-refractivity contribution in [1.29, 1.82) is 0 Å². The van der Waals surface area contributed by atoms with E-state index in [1.165, 1.54) is 0 Å². The summed E-state index contributed by atoms with van der Waals surface area (Å²) in [5.74, 6) is -0.609. The number of hydrogen-bond acceptors (Lipinski definition) is 5. The molecule has 2 atom stereocenters. The van der Waals surface area contributed by atoms with Crippen molar-refractivity contribution in [2.75, 3.05) is 6.54 Å². The average Bonchev–Trinajstić information content (AvgIpc) is 3.21. The third-order valence-electron chi connectivity index (χ3n) is 4.91. The number of nitrogens with two attached hydrogens (primary N) is 1. The van der Waals surface area contributed by atoms with Crippen LogP contribution in [0.5, 0.6) is 0 Å². The van der Waals surface area contributed by atoms with E-state index >= 15 is 0 Å². The van der Waals surface area contributed by atoms with Gasteiger partial charge in [0.1, 0.15) is 12.9 Å². The number of carbonyl (C=O) groups is 3. The summed E-state index contributed by atoms with van der Waals surface area (Å²) in [5, 5.41) is 0. The van der Waals surface area contributed by atoms with Crippen molar-refractivity contribution >= 4 is 18.2 Å². The van der Waals surface area contributed by atoms with Crippen molar-refractivity contribution in [1.82, 2.24) is 4.90 Å². The van der Waals surface area contributed by atoms with Crippen molar-refractivity contribution in [2.24, 2.45) is 5.73 Å². The van der Waals surface area contributed by atoms with Gasteiger partial charge in [0.05, 0.1) is 17.6 Å². The van der Waals surface area contributed by atoms with Crippen LogP contribution < -0.4 is 5.73 Å². The van der Waals surface area contributed by atoms with Crippen molar-refractivity contribution < 1.29 is 19.1 Å². The molecule has 2 aromatic rings. The summed E-state index contributed by atoms with van der Waals surface area (Å²) in [4.78, 5) is 37.3. The van der Waals surface area contributed by atoms with Crippen LogP contribution in [0.15, 0.2) is 54.6 Å². The molecule has 1 aliphatic heterocycles. The summed E-state index contributed by atoms with van der Waals surface area (Å²) in [5.41, 5.74) is 8.27. The molecule has 0 aliphatic carbocycles. The van der Waals surface area contributed by atoms with E-state index in [2.05, 4.69) is 0 Å². The van der Waals surface area contributed by atoms with Gasteiger partial charge < -0.3 is 20.2 Å². The molecule has 28 heavy (non-hydrogen) atoms. The zero-order valence-electron chi connectivity index (χ0n) is 15.6. The molecule has 1 heterocycles. The molecule has 0 bridgehead atoms. The molecule has 0 aromatic heterocycles. The maximum Gasteiger partial charge on any atom is 0.338 e. The molecule has 0 saturated carbocycles. The van der Waals surface area contributed by atoms with Crippen molar-refractivity contribution in [3.05, 3.63) is 71.3 Å². The third-order valence-corrected chi connectivity index (χ3v) is 4.91. The van der Waals surface area contributed by atoms with Crippen molar-refractivity contribution in [3.8, 4) is 0 Å². The minimum Gasteiger partial charge on any atom is -0.457 e. The molecule has 2 aromatic carbocycles. The second-order valence-electron chi connectivity index (χ2n) is 6.95. The van der Waals surface area contributed by atoms with Gasteiger partial charge in [0.15, 0.2) is 0 Å². The second-order valence-corrected chi connectivity index (χ2v) is 6.95. The lowest BCUT2D eigenvalue weighted by Crippen LogP contribution is -2.47. The molecular formula is C22H24N2O4. The SMILES string of the molecule is N[C@H](Cc1ccc(C(=O)OCc2ccccc2)cc1)C(=O)N1CCC[C@H]1C=O. The highest BCUT2D eigenvalue weighted by Gasteiger charge is 2.31. The lowest BCUT2D eigenvalue weighted by molar-refractivity contribution is -0.135. The monoisotopic (exact) mass is 380 g/mol. The zero-order chi connectivity index (χ0) is 19.9. The smallest absolute Gasteiger partial charge is 0.338 e. The van der Waals surface area contributed by atoms with Gasteiger partial charge >= 0.3 is 5.97 Å². The van der Waals surface area contributed by atoms with Crippen LogP contribution in [0, 0.1) is 0 Å². The summed E-state index contributed by atoms with van der Waals surface area (Å²) in [6, 6.07) is 15.3. The molecule has 6 heteroatoms. The minimum atomic E-state index is -0.712. The number of ether oxygens (including phenoxy) is 1. The van der Waals surface area contributed by atoms with Crippen molar-refractivity contribution in [2.45, 2.75) is 38.0 Å². The van der Waals surface area contributed by atoms with Crippen molar-refractivity contribution in [3.63, 3.8) is 0 Å². The van der Waals surface area contributed by atoms with Gasteiger partial charge in [0.25, 0.3) is 0 Å². The Labute approximate surface area is 164 Å². The highest BCUT2D eigenvalue weighted by molar-refractivity contribution is 5.89. The summed E-state index contributed by atoms with van der Waals surface area (Å²) in [7, 11) is 0. The van der Waals surface area contributed by atoms with Gasteiger partial charge in [-0.25, -0.2) is 4.79 Å². The van der Waals surface area contributed by atoms with E-state index in [1.807, 2.05) is 30.3 Å². The van der Waals surface area contributed by atoms with Gasteiger partial charge in [-0.15, -0.1) is 0 Å². The molecule has 1 amide bonds. The van der Waals surface area contributed by atoms with Gasteiger partial charge in [-0.3, -0.25) is 4.79 Å². The van der Waals surface area contributed by atoms with Crippen LogP contribution in [-0.4, -0.2) is 41.7 Å². The first kappa shape index (κ1) is 19.8. The van der Waals surface area contributed by atoms with Crippen LogP contribution in [0.25, 0.3) is 0 Å². The number of rotatable bonds is 7. The number of benzene rings is 2. The van der Waals surface area contributed by atoms with Gasteiger partial charge in [0.2, 0.25) is 5.91 Å². The van der Waals surface area contributed by atoms with E-state index in [9.17, 15) is 14.4 Å². The van der Waals surface area contributed by atoms with Gasteiger partial charge in [-0.1, -0.05) is 42.5 Å². The standard InChI is InChI=1S/C22H24N2O4/c23-20(21(26)24-12-4-7-19(24)14-25)13-16-8-10-18(11-9-16)22(27)28-15-17-5-2-1-3-6-17/h1-3,5-6,8-11,14,19-20H,4,7,12-13,15,23H2/t19-,20+/m0/s1. The molecule has 1 aliphatic rings. The maximum atomic E-state index is 12.5. The summed E-state index contributed by atoms with van der Waals surface area (Å²) in [6.07, 6.45) is 2.68. The number of nitrogens with zero attached hydrogens (tertiary/aromatic N) is 1. The van der Waals surface area contributed by atoms with E-state index < -0.39 is 12.0 Å². The molecule has 0 unspecified atom stereocenters. The zero-order valence-corrected chi connectivity index (χ0v) is 15.6. The van der Waals surface area contributed by atoms with Crippen LogP contribution in [-0.2, 0) is 27.4 Å². The van der Waals surface area contributed by atoms with Crippen LogP contribution >= 0.6 is 0 Å². The Morgan fingerprint density at radius 1 is 1.11 bits per heavy atom. The van der Waals surface area contributed by atoms with E-state index in [1.54, 1.807) is 29.2 Å². The number of aldehydes is 1. The quantitative estimate of drug-likeness (QED) is 0.587. The first-order valence-corrected chi connectivity index (χ1v) is 9.40. The van der Waals surface area contributed by atoms with E-state index in [0.717, 1.165) is 23.8 Å². The number of esters is 1. The van der Waals surface area contributed by atoms with Gasteiger partial charge in [-0.2, -0.15) is 0 Å². The molecule has 1 saturated heterocycles. The Bertz CT molecular complexity index is 820. The predicted octanol–water partition coefficient (Wildman–Crippen LogP) is 2.10. The van der Waals surface area contributed by atoms with E-state index in [4.69, 9.17) is 10.5 Å². The molecule has 1 fully saturated rings. The Morgan fingerprint density at radius 2 is 1.82 bits per heavy atom. The van der Waals surface area contributed by atoms with Crippen LogP contribution in [0.4, 0.5) is 0 Å². The van der Waals surface area contributed by atoms with E-state index in [0.29, 0.717) is 24.9 Å². The average molecular weight is 380 g/mol. The van der Waals surface area contributed by atoms with Gasteiger partial charge in [-0.05, 0) is 42.5 Å². The van der Waals surface area contributed by atoms with Crippen LogP contribution in [0.3, 0.4) is 0 Å². The maximum absolute atomic E-state index is 12.5. The largest absolute Gasteiger partial charge is 0.457 e.